The zero-order valence-corrected chi connectivity index (χ0v) is 8.86. The number of allylic oxidation sites excluding steroid dienone is 1. The molecule has 2 rings (SSSR count). The lowest BCUT2D eigenvalue weighted by Gasteiger charge is -2.10. The maximum Gasteiger partial charge on any atom is 0.130 e. The van der Waals surface area contributed by atoms with Gasteiger partial charge in [-0.15, -0.1) is 6.58 Å². The molecule has 76 valence electrons. The Bertz CT molecular complexity index is 486. The highest BCUT2D eigenvalue weighted by molar-refractivity contribution is 5.89. The summed E-state index contributed by atoms with van der Waals surface area (Å²) in [6, 6.07) is 12.5. The predicted octanol–water partition coefficient (Wildman–Crippen LogP) is 3.58. The summed E-state index contributed by atoms with van der Waals surface area (Å²) in [4.78, 5) is 0. The molecule has 1 heteroatoms. The van der Waals surface area contributed by atoms with Gasteiger partial charge in [0.25, 0.3) is 0 Å². The van der Waals surface area contributed by atoms with Gasteiger partial charge in [-0.05, 0) is 17.4 Å². The Kier molecular flexibility index (Phi) is 2.72. The van der Waals surface area contributed by atoms with Crippen LogP contribution in [-0.2, 0) is 6.42 Å². The van der Waals surface area contributed by atoms with E-state index in [-0.39, 0.29) is 0 Å². The minimum atomic E-state index is 0.841. The van der Waals surface area contributed by atoms with Crippen LogP contribution in [0.25, 0.3) is 10.8 Å². The lowest BCUT2D eigenvalue weighted by Crippen LogP contribution is -1.91. The van der Waals surface area contributed by atoms with Gasteiger partial charge in [-0.25, -0.2) is 0 Å². The summed E-state index contributed by atoms with van der Waals surface area (Å²) in [5, 5.41) is 2.38. The second kappa shape index (κ2) is 4.18. The molecule has 0 aliphatic rings. The van der Waals surface area contributed by atoms with Crippen LogP contribution in [0, 0.1) is 0 Å². The van der Waals surface area contributed by atoms with Crippen molar-refractivity contribution in [1.82, 2.24) is 0 Å². The number of fused-ring (bicyclic) bond motifs is 1. The minimum absolute atomic E-state index is 0.841. The normalized spacial score (nSPS) is 10.2. The van der Waals surface area contributed by atoms with Crippen LogP contribution in [0.15, 0.2) is 49.1 Å². The van der Waals surface area contributed by atoms with Crippen molar-refractivity contribution in [1.29, 1.82) is 0 Å². The number of hydrogen-bond acceptors (Lipinski definition) is 1. The van der Waals surface area contributed by atoms with E-state index in [0.717, 1.165) is 12.2 Å². The average molecular weight is 198 g/mol. The fourth-order valence-corrected chi connectivity index (χ4v) is 1.85. The van der Waals surface area contributed by atoms with Crippen LogP contribution in [0.1, 0.15) is 5.56 Å². The number of benzene rings is 2. The molecule has 2 aromatic rings. The third-order valence-corrected chi connectivity index (χ3v) is 2.53. The average Bonchev–Trinajstić information content (AvgIpc) is 2.29. The standard InChI is InChI=1S/C14H14O/c1-3-6-12-10-9-11-7-4-5-8-13(11)14(12)15-2/h3-5,7-10H,1,6H2,2H3. The molecule has 0 aliphatic heterocycles. The Morgan fingerprint density at radius 1 is 1.20 bits per heavy atom. The summed E-state index contributed by atoms with van der Waals surface area (Å²) < 4.78 is 5.46. The van der Waals surface area contributed by atoms with Crippen LogP contribution in [0.4, 0.5) is 0 Å². The molecular formula is C14H14O. The molecular weight excluding hydrogens is 184 g/mol. The van der Waals surface area contributed by atoms with E-state index in [1.165, 1.54) is 16.3 Å². The SMILES string of the molecule is C=CCc1ccc2ccccc2c1OC. The van der Waals surface area contributed by atoms with Crippen LogP contribution in [0.2, 0.25) is 0 Å². The fraction of sp³-hybridized carbons (Fsp3) is 0.143. The highest BCUT2D eigenvalue weighted by Gasteiger charge is 2.05. The molecule has 1 nitrogen and oxygen atoms in total. The van der Waals surface area contributed by atoms with Crippen molar-refractivity contribution in [3.63, 3.8) is 0 Å². The molecule has 0 atom stereocenters. The second-order valence-electron chi connectivity index (χ2n) is 3.47. The summed E-state index contributed by atoms with van der Waals surface area (Å²) in [6.45, 7) is 3.76. The molecule has 0 spiro atoms. The van der Waals surface area contributed by atoms with Crippen molar-refractivity contribution in [3.8, 4) is 5.75 Å². The molecule has 0 aliphatic carbocycles. The maximum atomic E-state index is 5.46. The van der Waals surface area contributed by atoms with Gasteiger partial charge in [-0.3, -0.25) is 0 Å². The third kappa shape index (κ3) is 1.73. The third-order valence-electron chi connectivity index (χ3n) is 2.53. The number of methoxy groups -OCH3 is 1. The van der Waals surface area contributed by atoms with Gasteiger partial charge in [0.2, 0.25) is 0 Å². The van der Waals surface area contributed by atoms with Gasteiger partial charge >= 0.3 is 0 Å². The summed E-state index contributed by atoms with van der Waals surface area (Å²) in [6.07, 6.45) is 2.74. The van der Waals surface area contributed by atoms with Gasteiger partial charge in [0.15, 0.2) is 0 Å². The molecule has 0 unspecified atom stereocenters. The second-order valence-corrected chi connectivity index (χ2v) is 3.47. The van der Waals surface area contributed by atoms with E-state index in [1.807, 2.05) is 18.2 Å². The Hall–Kier alpha value is -1.76. The van der Waals surface area contributed by atoms with Crippen LogP contribution >= 0.6 is 0 Å². The predicted molar refractivity (Wildman–Crippen MR) is 64.4 cm³/mol. The van der Waals surface area contributed by atoms with E-state index in [0.29, 0.717) is 0 Å². The van der Waals surface area contributed by atoms with Crippen molar-refractivity contribution in [3.05, 3.63) is 54.6 Å². The van der Waals surface area contributed by atoms with Gasteiger partial charge in [-0.1, -0.05) is 42.5 Å². The zero-order chi connectivity index (χ0) is 10.7. The Labute approximate surface area is 90.0 Å². The van der Waals surface area contributed by atoms with Gasteiger partial charge in [-0.2, -0.15) is 0 Å². The highest BCUT2D eigenvalue weighted by Crippen LogP contribution is 2.29. The van der Waals surface area contributed by atoms with Crippen LogP contribution in [0.3, 0.4) is 0 Å². The van der Waals surface area contributed by atoms with Gasteiger partial charge < -0.3 is 4.74 Å². The summed E-state index contributed by atoms with van der Waals surface area (Å²) in [5.74, 6) is 0.966. The smallest absolute Gasteiger partial charge is 0.130 e. The molecule has 0 radical (unpaired) electrons. The van der Waals surface area contributed by atoms with E-state index in [4.69, 9.17) is 4.74 Å². The highest BCUT2D eigenvalue weighted by atomic mass is 16.5. The minimum Gasteiger partial charge on any atom is -0.496 e. The fourth-order valence-electron chi connectivity index (χ4n) is 1.85. The monoisotopic (exact) mass is 198 g/mol. The molecule has 0 amide bonds. The molecule has 0 bridgehead atoms. The Balaban J connectivity index is 2.69. The van der Waals surface area contributed by atoms with E-state index in [2.05, 4.69) is 30.8 Å². The van der Waals surface area contributed by atoms with E-state index in [1.54, 1.807) is 7.11 Å². The lowest BCUT2D eigenvalue weighted by atomic mass is 10.0. The van der Waals surface area contributed by atoms with E-state index < -0.39 is 0 Å². The molecule has 15 heavy (non-hydrogen) atoms. The van der Waals surface area contributed by atoms with Gasteiger partial charge in [0.1, 0.15) is 5.75 Å². The molecule has 0 aromatic heterocycles. The zero-order valence-electron chi connectivity index (χ0n) is 8.86. The van der Waals surface area contributed by atoms with Crippen LogP contribution in [-0.4, -0.2) is 7.11 Å². The largest absolute Gasteiger partial charge is 0.496 e. The molecule has 0 saturated heterocycles. The maximum absolute atomic E-state index is 5.46. The molecule has 0 fully saturated rings. The first-order valence-corrected chi connectivity index (χ1v) is 5.02. The van der Waals surface area contributed by atoms with Crippen LogP contribution in [0.5, 0.6) is 5.75 Å². The molecule has 0 heterocycles. The number of ether oxygens (including phenoxy) is 1. The Morgan fingerprint density at radius 3 is 2.73 bits per heavy atom. The van der Waals surface area contributed by atoms with Crippen molar-refractivity contribution in [2.45, 2.75) is 6.42 Å². The first kappa shape index (κ1) is 9.78. The molecule has 0 N–H and O–H groups in total. The first-order chi connectivity index (χ1) is 7.36. The summed E-state index contributed by atoms with van der Waals surface area (Å²) >= 11 is 0. The summed E-state index contributed by atoms with van der Waals surface area (Å²) in [5.41, 5.74) is 1.19. The Morgan fingerprint density at radius 2 is 2.00 bits per heavy atom. The van der Waals surface area contributed by atoms with E-state index >= 15 is 0 Å². The molecule has 2 aromatic carbocycles. The van der Waals surface area contributed by atoms with Gasteiger partial charge in [0, 0.05) is 5.39 Å². The van der Waals surface area contributed by atoms with Crippen LogP contribution < -0.4 is 4.74 Å². The van der Waals surface area contributed by atoms with E-state index in [9.17, 15) is 0 Å². The van der Waals surface area contributed by atoms with Gasteiger partial charge in [0.05, 0.1) is 7.11 Å². The van der Waals surface area contributed by atoms with Crippen molar-refractivity contribution < 1.29 is 4.74 Å². The van der Waals surface area contributed by atoms with Crippen molar-refractivity contribution >= 4 is 10.8 Å². The topological polar surface area (TPSA) is 9.23 Å². The number of hydrogen-bond donors (Lipinski definition) is 0. The first-order valence-electron chi connectivity index (χ1n) is 5.02. The number of rotatable bonds is 3. The van der Waals surface area contributed by atoms with Crippen molar-refractivity contribution in [2.75, 3.05) is 7.11 Å². The van der Waals surface area contributed by atoms with Crippen molar-refractivity contribution in [2.24, 2.45) is 0 Å². The summed E-state index contributed by atoms with van der Waals surface area (Å²) in [7, 11) is 1.72. The quantitative estimate of drug-likeness (QED) is 0.685. The lowest BCUT2D eigenvalue weighted by molar-refractivity contribution is 0.416. The molecule has 0 saturated carbocycles.